The van der Waals surface area contributed by atoms with Crippen LogP contribution in [-0.2, 0) is 0 Å². The Bertz CT molecular complexity index is 173. The van der Waals surface area contributed by atoms with Gasteiger partial charge in [0.2, 0.25) is 0 Å². The minimum absolute atomic E-state index is 1.11. The van der Waals surface area contributed by atoms with Gasteiger partial charge in [-0.3, -0.25) is 4.98 Å². The molecule has 0 atom stereocenters. The first-order valence-electron chi connectivity index (χ1n) is 2.47. The first-order chi connectivity index (χ1) is 4.31. The monoisotopic (exact) mass is 140 g/mol. The quantitative estimate of drug-likeness (QED) is 0.552. The molecule has 0 fully saturated rings. The van der Waals surface area contributed by atoms with E-state index in [1.54, 1.807) is 17.4 Å². The standard InChI is InChI=1S/C4H5NS.C2H3N/c1-4-2-6-3-5-4;1-2-3/h2-3H,1H3;1H3. The van der Waals surface area contributed by atoms with Crippen LogP contribution in [0.4, 0.5) is 0 Å². The van der Waals surface area contributed by atoms with Crippen molar-refractivity contribution in [1.29, 1.82) is 5.26 Å². The predicted molar refractivity (Wildman–Crippen MR) is 38.1 cm³/mol. The third kappa shape index (κ3) is 4.98. The van der Waals surface area contributed by atoms with Gasteiger partial charge in [0.15, 0.2) is 0 Å². The number of nitriles is 1. The molecule has 48 valence electrons. The normalized spacial score (nSPS) is 6.78. The molecule has 0 aliphatic carbocycles. The molecule has 2 nitrogen and oxygen atoms in total. The van der Waals surface area contributed by atoms with Crippen molar-refractivity contribution in [3.63, 3.8) is 0 Å². The van der Waals surface area contributed by atoms with Crippen LogP contribution >= 0.6 is 11.3 Å². The van der Waals surface area contributed by atoms with Crippen LogP contribution in [0.25, 0.3) is 0 Å². The highest BCUT2D eigenvalue weighted by atomic mass is 32.1. The van der Waals surface area contributed by atoms with Crippen LogP contribution in [0, 0.1) is 18.3 Å². The molecule has 0 radical (unpaired) electrons. The zero-order valence-electron chi connectivity index (χ0n) is 5.46. The van der Waals surface area contributed by atoms with Crippen molar-refractivity contribution in [1.82, 2.24) is 4.98 Å². The van der Waals surface area contributed by atoms with Crippen LogP contribution < -0.4 is 0 Å². The second-order valence-electron chi connectivity index (χ2n) is 1.35. The van der Waals surface area contributed by atoms with Crippen molar-refractivity contribution in [3.8, 4) is 6.07 Å². The SMILES string of the molecule is CC#N.Cc1cscn1. The second kappa shape index (κ2) is 5.26. The fourth-order valence-corrected chi connectivity index (χ4v) is 0.819. The van der Waals surface area contributed by atoms with Gasteiger partial charge in [-0.05, 0) is 6.92 Å². The number of aromatic nitrogens is 1. The highest BCUT2D eigenvalue weighted by molar-refractivity contribution is 7.07. The van der Waals surface area contributed by atoms with E-state index in [2.05, 4.69) is 4.98 Å². The predicted octanol–water partition coefficient (Wildman–Crippen LogP) is 1.98. The van der Waals surface area contributed by atoms with Crippen molar-refractivity contribution < 1.29 is 0 Å². The van der Waals surface area contributed by atoms with E-state index in [0.29, 0.717) is 0 Å². The Kier molecular flexibility index (Phi) is 4.75. The van der Waals surface area contributed by atoms with Crippen molar-refractivity contribution in [2.75, 3.05) is 0 Å². The molecule has 0 N–H and O–H groups in total. The molecule has 0 amide bonds. The largest absolute Gasteiger partial charge is 0.250 e. The number of hydrogen-bond donors (Lipinski definition) is 0. The van der Waals surface area contributed by atoms with E-state index < -0.39 is 0 Å². The number of rotatable bonds is 0. The molecular weight excluding hydrogens is 132 g/mol. The Morgan fingerprint density at radius 3 is 2.44 bits per heavy atom. The van der Waals surface area contributed by atoms with Crippen molar-refractivity contribution in [2.45, 2.75) is 13.8 Å². The fraction of sp³-hybridized carbons (Fsp3) is 0.333. The maximum Gasteiger partial charge on any atom is 0.0794 e. The number of thiazole rings is 1. The molecule has 0 spiro atoms. The number of aryl methyl sites for hydroxylation is 1. The molecular formula is C6H8N2S. The minimum atomic E-state index is 1.11. The van der Waals surface area contributed by atoms with Crippen molar-refractivity contribution >= 4 is 11.3 Å². The molecule has 1 aromatic heterocycles. The summed E-state index contributed by atoms with van der Waals surface area (Å²) in [5.41, 5.74) is 2.94. The van der Waals surface area contributed by atoms with Crippen molar-refractivity contribution in [2.24, 2.45) is 0 Å². The van der Waals surface area contributed by atoms with Crippen LogP contribution in [0.2, 0.25) is 0 Å². The van der Waals surface area contributed by atoms with Gasteiger partial charge in [0.25, 0.3) is 0 Å². The third-order valence-corrected chi connectivity index (χ3v) is 1.26. The van der Waals surface area contributed by atoms with Gasteiger partial charge < -0.3 is 0 Å². The second-order valence-corrected chi connectivity index (χ2v) is 2.07. The zero-order chi connectivity index (χ0) is 7.11. The third-order valence-electron chi connectivity index (χ3n) is 0.556. The Morgan fingerprint density at radius 2 is 2.33 bits per heavy atom. The Hall–Kier alpha value is -0.880. The van der Waals surface area contributed by atoms with Crippen LogP contribution in [0.3, 0.4) is 0 Å². The molecule has 3 heteroatoms. The Balaban J connectivity index is 0.000000187. The summed E-state index contributed by atoms with van der Waals surface area (Å²) in [6, 6.07) is 1.75. The maximum absolute atomic E-state index is 7.32. The summed E-state index contributed by atoms with van der Waals surface area (Å²) in [6.07, 6.45) is 0. The topological polar surface area (TPSA) is 36.7 Å². The van der Waals surface area contributed by atoms with Gasteiger partial charge in [0.05, 0.1) is 11.6 Å². The number of nitrogens with zero attached hydrogens (tertiary/aromatic N) is 2. The molecule has 0 saturated heterocycles. The average molecular weight is 140 g/mol. The van der Waals surface area contributed by atoms with E-state index in [4.69, 9.17) is 5.26 Å². The van der Waals surface area contributed by atoms with Crippen LogP contribution in [0.5, 0.6) is 0 Å². The molecule has 9 heavy (non-hydrogen) atoms. The summed E-state index contributed by atoms with van der Waals surface area (Å²) in [5.74, 6) is 0. The molecule has 1 heterocycles. The number of hydrogen-bond acceptors (Lipinski definition) is 3. The van der Waals surface area contributed by atoms with Gasteiger partial charge in [-0.1, -0.05) is 0 Å². The molecule has 1 aromatic rings. The van der Waals surface area contributed by atoms with E-state index in [0.717, 1.165) is 5.69 Å². The minimum Gasteiger partial charge on any atom is -0.250 e. The molecule has 0 unspecified atom stereocenters. The van der Waals surface area contributed by atoms with E-state index in [1.165, 1.54) is 6.92 Å². The van der Waals surface area contributed by atoms with Gasteiger partial charge in [-0.15, -0.1) is 11.3 Å². The molecule has 1 rings (SSSR count). The van der Waals surface area contributed by atoms with E-state index >= 15 is 0 Å². The van der Waals surface area contributed by atoms with Gasteiger partial charge in [0.1, 0.15) is 0 Å². The molecule has 0 aliphatic rings. The summed E-state index contributed by atoms with van der Waals surface area (Å²) in [6.45, 7) is 3.41. The average Bonchev–Trinajstić information content (AvgIpc) is 2.20. The van der Waals surface area contributed by atoms with E-state index in [-0.39, 0.29) is 0 Å². The first-order valence-corrected chi connectivity index (χ1v) is 3.41. The van der Waals surface area contributed by atoms with Gasteiger partial charge in [0, 0.05) is 18.0 Å². The van der Waals surface area contributed by atoms with Crippen LogP contribution in [0.15, 0.2) is 10.9 Å². The van der Waals surface area contributed by atoms with E-state index in [9.17, 15) is 0 Å². The summed E-state index contributed by atoms with van der Waals surface area (Å²) in [7, 11) is 0. The first kappa shape index (κ1) is 8.12. The summed E-state index contributed by atoms with van der Waals surface area (Å²) >= 11 is 1.63. The fourth-order valence-electron chi connectivity index (χ4n) is 0.273. The lowest BCUT2D eigenvalue weighted by atomic mass is 10.6. The Labute approximate surface area is 58.8 Å². The highest BCUT2D eigenvalue weighted by Crippen LogP contribution is 1.95. The molecule has 0 aromatic carbocycles. The van der Waals surface area contributed by atoms with Gasteiger partial charge in [-0.25, -0.2) is 0 Å². The molecule has 0 aliphatic heterocycles. The molecule has 0 bridgehead atoms. The van der Waals surface area contributed by atoms with Crippen molar-refractivity contribution in [3.05, 3.63) is 16.6 Å². The summed E-state index contributed by atoms with van der Waals surface area (Å²) in [5, 5.41) is 9.33. The lowest BCUT2D eigenvalue weighted by Gasteiger charge is -1.64. The summed E-state index contributed by atoms with van der Waals surface area (Å²) < 4.78 is 0. The maximum atomic E-state index is 7.32. The highest BCUT2D eigenvalue weighted by Gasteiger charge is 1.76. The summed E-state index contributed by atoms with van der Waals surface area (Å²) in [4.78, 5) is 3.94. The lowest BCUT2D eigenvalue weighted by molar-refractivity contribution is 1.27. The van der Waals surface area contributed by atoms with Gasteiger partial charge in [-0.2, -0.15) is 5.26 Å². The van der Waals surface area contributed by atoms with Crippen LogP contribution in [0.1, 0.15) is 12.6 Å². The lowest BCUT2D eigenvalue weighted by Crippen LogP contribution is -1.59. The van der Waals surface area contributed by atoms with Crippen LogP contribution in [-0.4, -0.2) is 4.98 Å². The zero-order valence-corrected chi connectivity index (χ0v) is 6.27. The van der Waals surface area contributed by atoms with Gasteiger partial charge >= 0.3 is 0 Å². The smallest absolute Gasteiger partial charge is 0.0794 e. The Morgan fingerprint density at radius 1 is 1.78 bits per heavy atom. The van der Waals surface area contributed by atoms with E-state index in [1.807, 2.05) is 17.8 Å². The molecule has 0 saturated carbocycles.